The lowest BCUT2D eigenvalue weighted by Gasteiger charge is -2.61. The van der Waals surface area contributed by atoms with Crippen molar-refractivity contribution in [1.82, 2.24) is 4.90 Å². The second kappa shape index (κ2) is 30.4. The molecule has 3 saturated heterocycles. The second-order valence-electron chi connectivity index (χ2n) is 30.5. The molecule has 10 bridgehead atoms. The van der Waals surface area contributed by atoms with Gasteiger partial charge in [-0.15, -0.1) is 0 Å². The number of esters is 8. The first kappa shape index (κ1) is 74.1. The minimum Gasteiger partial charge on any atom is -0.463 e. The highest BCUT2D eigenvalue weighted by Gasteiger charge is 2.64. The smallest absolute Gasteiger partial charge is 0.347 e. The van der Waals surface area contributed by atoms with Crippen LogP contribution in [0.25, 0.3) is 0 Å². The molecule has 0 aromatic carbocycles. The fourth-order valence-electron chi connectivity index (χ4n) is 18.5. The molecule has 10 atom stereocenters. The maximum atomic E-state index is 12.1. The molecule has 3 heterocycles. The largest absolute Gasteiger partial charge is 0.463 e. The number of fused-ring (bicyclic) bond motifs is 2. The summed E-state index contributed by atoms with van der Waals surface area (Å²) in [7, 11) is 0. The van der Waals surface area contributed by atoms with Crippen molar-refractivity contribution >= 4 is 59.6 Å². The third-order valence-electron chi connectivity index (χ3n) is 22.4. The monoisotopic (exact) mass is 1320 g/mol. The zero-order chi connectivity index (χ0) is 69.8. The molecule has 10 unspecified atom stereocenters. The van der Waals surface area contributed by atoms with Gasteiger partial charge in [0.25, 0.3) is 5.91 Å². The predicted molar refractivity (Wildman–Crippen MR) is 349 cm³/mol. The molecule has 0 aromatic rings. The molecule has 3 aliphatic heterocycles. The maximum Gasteiger partial charge on any atom is 0.347 e. The van der Waals surface area contributed by atoms with Crippen molar-refractivity contribution in [3.05, 3.63) is 72.9 Å². The highest BCUT2D eigenvalue weighted by Crippen LogP contribution is 2.63. The lowest BCUT2D eigenvalue weighted by atomic mass is 9.47. The zero-order valence-electron chi connectivity index (χ0n) is 57.8. The van der Waals surface area contributed by atoms with E-state index in [1.54, 1.807) is 27.7 Å². The van der Waals surface area contributed by atoms with E-state index in [9.17, 15) is 53.1 Å². The SMILES string of the molecule is C=C(C)C(=O)N1C(=O)C2CCCC21.C=C(C)C(=O)OC1(C(C)C)C2CC3CC(C2)CC1C3.C=C(C)C(=O)OC1(CC)CCCCC1.C=C(C)C(=O)OC12CC3CC(CC(O)(C3)C1)C2.C=C(C)C(=O)OC1CCOC1=O.C=C(C)C(=O)OCC(=O)OC1C2CC3C(=O)OC1C3C2. The minimum atomic E-state index is -0.728. The number of cyclic esters (lactones) is 1. The number of rotatable bonds is 15. The van der Waals surface area contributed by atoms with E-state index in [0.717, 1.165) is 88.9 Å². The van der Waals surface area contributed by atoms with Gasteiger partial charge in [0, 0.05) is 58.1 Å². The van der Waals surface area contributed by atoms with E-state index in [4.69, 9.17) is 33.2 Å². The van der Waals surface area contributed by atoms with Gasteiger partial charge in [-0.05, 0) is 205 Å². The summed E-state index contributed by atoms with van der Waals surface area (Å²) in [6.45, 7) is 37.6. The molecule has 20 heteroatoms. The van der Waals surface area contributed by atoms with Crippen LogP contribution in [0.5, 0.6) is 0 Å². The summed E-state index contributed by atoms with van der Waals surface area (Å²) in [5.74, 6) is 1.67. The molecule has 0 radical (unpaired) electrons. The quantitative estimate of drug-likeness (QED) is 0.0691. The van der Waals surface area contributed by atoms with Crippen LogP contribution in [-0.4, -0.2) is 130 Å². The van der Waals surface area contributed by atoms with Gasteiger partial charge in [0.05, 0.1) is 30.1 Å². The van der Waals surface area contributed by atoms with Crippen molar-refractivity contribution in [2.24, 2.45) is 65.1 Å². The van der Waals surface area contributed by atoms with Crippen LogP contribution in [0.1, 0.15) is 210 Å². The Morgan fingerprint density at radius 2 is 1.14 bits per heavy atom. The van der Waals surface area contributed by atoms with E-state index in [2.05, 4.69) is 65.0 Å². The van der Waals surface area contributed by atoms with Crippen molar-refractivity contribution in [3.63, 3.8) is 0 Å². The molecule has 0 aromatic heterocycles. The van der Waals surface area contributed by atoms with Crippen LogP contribution in [0, 0.1) is 65.1 Å². The lowest BCUT2D eigenvalue weighted by Crippen LogP contribution is -2.62. The molecule has 2 amide bonds. The summed E-state index contributed by atoms with van der Waals surface area (Å²) >= 11 is 0. The molecule has 12 aliphatic carbocycles. The molecule has 15 fully saturated rings. The van der Waals surface area contributed by atoms with Crippen molar-refractivity contribution < 1.29 is 90.9 Å². The highest BCUT2D eigenvalue weighted by atomic mass is 16.6. The van der Waals surface area contributed by atoms with Crippen molar-refractivity contribution in [3.8, 4) is 0 Å². The Balaban J connectivity index is 0.000000147. The molecule has 20 nitrogen and oxygen atoms in total. The summed E-state index contributed by atoms with van der Waals surface area (Å²) in [5.41, 5.74) is 1.11. The van der Waals surface area contributed by atoms with E-state index in [1.165, 1.54) is 76.5 Å². The van der Waals surface area contributed by atoms with Crippen LogP contribution in [0.15, 0.2) is 72.9 Å². The van der Waals surface area contributed by atoms with Gasteiger partial charge in [0.2, 0.25) is 12.0 Å². The molecule has 1 N–H and O–H groups in total. The van der Waals surface area contributed by atoms with Crippen LogP contribution < -0.4 is 0 Å². The van der Waals surface area contributed by atoms with Crippen LogP contribution in [0.4, 0.5) is 0 Å². The number of carbonyl (C=O) groups excluding carboxylic acids is 10. The summed E-state index contributed by atoms with van der Waals surface area (Å²) < 4.78 is 42.0. The summed E-state index contributed by atoms with van der Waals surface area (Å²) in [5, 5.41) is 10.5. The average molecular weight is 1320 g/mol. The fraction of sp³-hybridized carbons (Fsp3) is 0.707. The average Bonchev–Trinajstić information content (AvgIpc) is 1.71. The first-order valence-corrected chi connectivity index (χ1v) is 34.8. The highest BCUT2D eigenvalue weighted by molar-refractivity contribution is 6.08. The van der Waals surface area contributed by atoms with Gasteiger partial charge in [-0.25, -0.2) is 33.6 Å². The number of hydrogen-bond donors (Lipinski definition) is 1. The van der Waals surface area contributed by atoms with Crippen LogP contribution in [0.3, 0.4) is 0 Å². The Labute approximate surface area is 561 Å². The van der Waals surface area contributed by atoms with Gasteiger partial charge in [0.15, 0.2) is 6.61 Å². The van der Waals surface area contributed by atoms with Gasteiger partial charge in [-0.1, -0.05) is 73.1 Å². The molecule has 15 rings (SSSR count). The normalized spacial score (nSPS) is 34.8. The number of imide groups is 1. The van der Waals surface area contributed by atoms with E-state index >= 15 is 0 Å². The number of β-lactam (4-membered cyclic amide) rings is 1. The van der Waals surface area contributed by atoms with Crippen molar-refractivity contribution in [2.75, 3.05) is 13.2 Å². The topological polar surface area (TPSA) is 268 Å². The molecular formula is C75H105NO19. The number of aliphatic hydroxyl groups is 1. The maximum absolute atomic E-state index is 12.1. The number of carbonyl (C=O) groups is 10. The number of hydrogen-bond acceptors (Lipinski definition) is 19. The van der Waals surface area contributed by atoms with Crippen LogP contribution >= 0.6 is 0 Å². The first-order valence-electron chi connectivity index (χ1n) is 34.8. The number of likely N-dealkylation sites (tertiary alicyclic amines) is 1. The van der Waals surface area contributed by atoms with E-state index in [-0.39, 0.29) is 93.9 Å². The van der Waals surface area contributed by atoms with Crippen molar-refractivity contribution in [2.45, 2.75) is 257 Å². The molecule has 15 aliphatic rings. The Morgan fingerprint density at radius 1 is 0.589 bits per heavy atom. The summed E-state index contributed by atoms with van der Waals surface area (Å²) in [6, 6.07) is 0.191. The van der Waals surface area contributed by atoms with Crippen LogP contribution in [0.2, 0.25) is 0 Å². The van der Waals surface area contributed by atoms with Gasteiger partial charge >= 0.3 is 47.8 Å². The zero-order valence-corrected chi connectivity index (χ0v) is 57.8. The van der Waals surface area contributed by atoms with Gasteiger partial charge < -0.3 is 43.0 Å². The first-order chi connectivity index (χ1) is 44.6. The van der Waals surface area contributed by atoms with Gasteiger partial charge in [-0.3, -0.25) is 19.3 Å². The number of ether oxygens (including phenoxy) is 8. The Bertz CT molecular complexity index is 3030. The van der Waals surface area contributed by atoms with E-state index < -0.39 is 53.9 Å². The molecule has 0 spiro atoms. The molecule has 95 heavy (non-hydrogen) atoms. The Morgan fingerprint density at radius 3 is 1.64 bits per heavy atom. The van der Waals surface area contributed by atoms with Gasteiger partial charge in [0.1, 0.15) is 29.0 Å². The van der Waals surface area contributed by atoms with Crippen molar-refractivity contribution in [1.29, 1.82) is 0 Å². The summed E-state index contributed by atoms with van der Waals surface area (Å²) in [4.78, 5) is 116. The third-order valence-corrected chi connectivity index (χ3v) is 22.4. The molecule has 12 saturated carbocycles. The number of nitrogens with zero attached hydrogens (tertiary/aromatic N) is 1. The lowest BCUT2D eigenvalue weighted by molar-refractivity contribution is -0.221. The Hall–Kier alpha value is -6.70. The molecule has 524 valence electrons. The predicted octanol–water partition coefficient (Wildman–Crippen LogP) is 11.5. The second-order valence-corrected chi connectivity index (χ2v) is 30.5. The fourth-order valence-corrected chi connectivity index (χ4v) is 18.5. The third kappa shape index (κ3) is 16.8. The molecular weight excluding hydrogens is 1220 g/mol. The van der Waals surface area contributed by atoms with E-state index in [0.29, 0.717) is 71.3 Å². The number of amides is 2. The Kier molecular flexibility index (Phi) is 23.7. The standard InChI is InChI=1S/C17H26O2.C14H16O6.C14H20O3.C12H20O2.C10H13NO2.C8H10O4/c1-10(2)16(18)19-17(11(3)4)14-6-12-5-13(8-14)9-15(17)7-12;1-6(2)13(16)18-5-10(15)19-11-7-3-8-9(4-7)14(17)20-12(8)11;1-9(2)12(15)17-14-6-10-3-11(7-14)5-13(16,4-10)8-14;1-4-12(8-6-5-7-9-12)14-11(13)10(2)3;1-6(2)9(12)11-8-5-3-4-7(8)10(11)13;1-5(2)7(9)12-6-3-4-11-8(6)10/h11-15H,1,5-9H2,2-4H3;7-9,11-12H,1,3-5H2,2H3;10-11,16H,1,3-8H2,2H3;2,4-9H2,1,3H3;7-8H,1,3-5H2,2H3;6H,1,3-4H2,2H3. The van der Waals surface area contributed by atoms with Crippen LogP contribution in [-0.2, 0) is 85.8 Å². The minimum absolute atomic E-state index is 0.00972. The summed E-state index contributed by atoms with van der Waals surface area (Å²) in [6.07, 6.45) is 22.2. The van der Waals surface area contributed by atoms with E-state index in [1.807, 2.05) is 0 Å². The van der Waals surface area contributed by atoms with Gasteiger partial charge in [-0.2, -0.15) is 0 Å².